The third-order valence-corrected chi connectivity index (χ3v) is 3.73. The van der Waals surface area contributed by atoms with Crippen molar-refractivity contribution in [3.05, 3.63) is 23.2 Å². The third kappa shape index (κ3) is 3.85. The van der Waals surface area contributed by atoms with Crippen molar-refractivity contribution in [2.45, 2.75) is 53.8 Å². The Morgan fingerprint density at radius 3 is 2.50 bits per heavy atom. The van der Waals surface area contributed by atoms with E-state index in [1.165, 1.54) is 5.56 Å². The van der Waals surface area contributed by atoms with E-state index >= 15 is 0 Å². The van der Waals surface area contributed by atoms with Crippen molar-refractivity contribution in [2.24, 2.45) is 5.41 Å². The number of hydrogen-bond donors (Lipinski definition) is 1. The largest absolute Gasteiger partial charge is 0.463 e. The average molecular weight is 252 g/mol. The minimum Gasteiger partial charge on any atom is -0.463 e. The summed E-state index contributed by atoms with van der Waals surface area (Å²) in [5.74, 6) is 2.10. The van der Waals surface area contributed by atoms with E-state index in [2.05, 4.69) is 57.9 Å². The molecule has 0 aliphatic rings. The molecule has 0 aliphatic heterocycles. The van der Waals surface area contributed by atoms with E-state index in [1.54, 1.807) is 0 Å². The van der Waals surface area contributed by atoms with Crippen LogP contribution < -0.4 is 5.32 Å². The molecule has 1 atom stereocenters. The number of nitrogens with one attached hydrogen (secondary N) is 1. The molecule has 0 aliphatic carbocycles. The molecule has 1 aromatic heterocycles. The van der Waals surface area contributed by atoms with E-state index in [0.717, 1.165) is 24.6 Å². The van der Waals surface area contributed by atoms with Crippen molar-refractivity contribution < 1.29 is 4.42 Å². The van der Waals surface area contributed by atoms with Gasteiger partial charge in [0.2, 0.25) is 0 Å². The molecule has 1 N–H and O–H groups in total. The Morgan fingerprint density at radius 1 is 1.39 bits per heavy atom. The molecular formula is C15H28N2O. The van der Waals surface area contributed by atoms with Crippen molar-refractivity contribution in [3.8, 4) is 0 Å². The van der Waals surface area contributed by atoms with Gasteiger partial charge in [0.05, 0.1) is 13.1 Å². The van der Waals surface area contributed by atoms with Crippen LogP contribution in [0.3, 0.4) is 0 Å². The van der Waals surface area contributed by atoms with Crippen LogP contribution in [0.15, 0.2) is 10.5 Å². The third-order valence-electron chi connectivity index (χ3n) is 3.73. The summed E-state index contributed by atoms with van der Waals surface area (Å²) in [5.41, 5.74) is 1.51. The lowest BCUT2D eigenvalue weighted by Crippen LogP contribution is -2.38. The lowest BCUT2D eigenvalue weighted by Gasteiger charge is -2.34. The van der Waals surface area contributed by atoms with Crippen LogP contribution in [0.4, 0.5) is 0 Å². The van der Waals surface area contributed by atoms with E-state index in [-0.39, 0.29) is 5.41 Å². The van der Waals surface area contributed by atoms with Crippen LogP contribution in [0.2, 0.25) is 0 Å². The summed E-state index contributed by atoms with van der Waals surface area (Å²) in [7, 11) is 4.10. The maximum absolute atomic E-state index is 5.88. The molecule has 0 radical (unpaired) electrons. The fourth-order valence-electron chi connectivity index (χ4n) is 2.05. The normalized spacial score (nSPS) is 14.2. The van der Waals surface area contributed by atoms with Gasteiger partial charge in [0.15, 0.2) is 0 Å². The first-order valence-electron chi connectivity index (χ1n) is 6.68. The fourth-order valence-corrected chi connectivity index (χ4v) is 2.05. The van der Waals surface area contributed by atoms with Crippen LogP contribution in [-0.2, 0) is 13.1 Å². The Kier molecular flexibility index (Phi) is 5.00. The molecule has 0 saturated heterocycles. The van der Waals surface area contributed by atoms with Crippen molar-refractivity contribution in [2.75, 3.05) is 14.1 Å². The minimum atomic E-state index is 0.282. The van der Waals surface area contributed by atoms with Crippen molar-refractivity contribution >= 4 is 0 Å². The SMILES string of the molecule is CNCc1oc(CN(C)C(C)C(C)(C)C)cc1C. The Balaban J connectivity index is 2.70. The van der Waals surface area contributed by atoms with E-state index in [0.29, 0.717) is 6.04 Å². The van der Waals surface area contributed by atoms with E-state index in [4.69, 9.17) is 4.42 Å². The van der Waals surface area contributed by atoms with Gasteiger partial charge in [-0.05, 0) is 45.0 Å². The monoisotopic (exact) mass is 252 g/mol. The molecule has 1 aromatic rings. The van der Waals surface area contributed by atoms with Gasteiger partial charge in [-0.15, -0.1) is 0 Å². The van der Waals surface area contributed by atoms with Gasteiger partial charge in [-0.1, -0.05) is 20.8 Å². The Hall–Kier alpha value is -0.800. The summed E-state index contributed by atoms with van der Waals surface area (Å²) in [6, 6.07) is 2.66. The first-order valence-corrected chi connectivity index (χ1v) is 6.68. The molecule has 0 saturated carbocycles. The average Bonchev–Trinajstić information content (AvgIpc) is 2.57. The van der Waals surface area contributed by atoms with E-state index in [9.17, 15) is 0 Å². The minimum absolute atomic E-state index is 0.282. The van der Waals surface area contributed by atoms with Crippen molar-refractivity contribution in [1.29, 1.82) is 0 Å². The summed E-state index contributed by atoms with van der Waals surface area (Å²) in [4.78, 5) is 2.35. The molecule has 3 heteroatoms. The van der Waals surface area contributed by atoms with Gasteiger partial charge in [-0.25, -0.2) is 0 Å². The summed E-state index contributed by atoms with van der Waals surface area (Å²) in [5, 5.41) is 3.13. The molecule has 0 fully saturated rings. The Morgan fingerprint density at radius 2 is 2.00 bits per heavy atom. The zero-order chi connectivity index (χ0) is 13.9. The zero-order valence-corrected chi connectivity index (χ0v) is 12.9. The number of nitrogens with zero attached hydrogens (tertiary/aromatic N) is 1. The first kappa shape index (κ1) is 15.3. The standard InChI is InChI=1S/C15H28N2O/c1-11-8-13(18-14(11)9-16-6)10-17(7)12(2)15(3,4)5/h8,12,16H,9-10H2,1-7H3. The topological polar surface area (TPSA) is 28.4 Å². The smallest absolute Gasteiger partial charge is 0.120 e. The van der Waals surface area contributed by atoms with Gasteiger partial charge in [-0.2, -0.15) is 0 Å². The second-order valence-corrected chi connectivity index (χ2v) is 6.31. The van der Waals surface area contributed by atoms with Crippen LogP contribution in [0, 0.1) is 12.3 Å². The zero-order valence-electron chi connectivity index (χ0n) is 12.9. The van der Waals surface area contributed by atoms with Gasteiger partial charge in [0, 0.05) is 6.04 Å². The van der Waals surface area contributed by atoms with Gasteiger partial charge in [-0.3, -0.25) is 4.90 Å². The molecule has 1 heterocycles. The van der Waals surface area contributed by atoms with Crippen LogP contribution >= 0.6 is 0 Å². The maximum Gasteiger partial charge on any atom is 0.120 e. The quantitative estimate of drug-likeness (QED) is 0.872. The predicted octanol–water partition coefficient (Wildman–Crippen LogP) is 3.17. The second kappa shape index (κ2) is 5.89. The molecule has 3 nitrogen and oxygen atoms in total. The molecule has 1 unspecified atom stereocenters. The van der Waals surface area contributed by atoms with Crippen LogP contribution in [-0.4, -0.2) is 25.0 Å². The van der Waals surface area contributed by atoms with Crippen LogP contribution in [0.5, 0.6) is 0 Å². The Labute approximate surface area is 112 Å². The molecule has 0 aromatic carbocycles. The van der Waals surface area contributed by atoms with Crippen molar-refractivity contribution in [1.82, 2.24) is 10.2 Å². The maximum atomic E-state index is 5.88. The lowest BCUT2D eigenvalue weighted by molar-refractivity contribution is 0.126. The van der Waals surface area contributed by atoms with E-state index in [1.807, 2.05) is 7.05 Å². The molecule has 0 spiro atoms. The number of rotatable bonds is 5. The van der Waals surface area contributed by atoms with Gasteiger partial charge in [0.1, 0.15) is 11.5 Å². The van der Waals surface area contributed by atoms with Crippen LogP contribution in [0.1, 0.15) is 44.8 Å². The summed E-state index contributed by atoms with van der Waals surface area (Å²) < 4.78 is 5.88. The highest BCUT2D eigenvalue weighted by molar-refractivity contribution is 5.20. The number of hydrogen-bond acceptors (Lipinski definition) is 3. The second-order valence-electron chi connectivity index (χ2n) is 6.31. The molecule has 0 bridgehead atoms. The van der Waals surface area contributed by atoms with Crippen LogP contribution in [0.25, 0.3) is 0 Å². The first-order chi connectivity index (χ1) is 8.25. The predicted molar refractivity (Wildman–Crippen MR) is 76.6 cm³/mol. The molecule has 18 heavy (non-hydrogen) atoms. The molecule has 0 amide bonds. The van der Waals surface area contributed by atoms with E-state index < -0.39 is 0 Å². The highest BCUT2D eigenvalue weighted by Crippen LogP contribution is 2.25. The highest BCUT2D eigenvalue weighted by Gasteiger charge is 2.24. The molecule has 1 rings (SSSR count). The molecule has 104 valence electrons. The summed E-state index contributed by atoms with van der Waals surface area (Å²) in [6.07, 6.45) is 0. The van der Waals surface area contributed by atoms with Gasteiger partial charge < -0.3 is 9.73 Å². The number of furan rings is 1. The fraction of sp³-hybridized carbons (Fsp3) is 0.733. The summed E-state index contributed by atoms with van der Waals surface area (Å²) in [6.45, 7) is 12.8. The Bertz CT molecular complexity index is 376. The number of aryl methyl sites for hydroxylation is 1. The highest BCUT2D eigenvalue weighted by atomic mass is 16.3. The van der Waals surface area contributed by atoms with Gasteiger partial charge >= 0.3 is 0 Å². The lowest BCUT2D eigenvalue weighted by atomic mass is 9.87. The molecular weight excluding hydrogens is 224 g/mol. The van der Waals surface area contributed by atoms with Crippen molar-refractivity contribution in [3.63, 3.8) is 0 Å². The van der Waals surface area contributed by atoms with Gasteiger partial charge in [0.25, 0.3) is 0 Å². The summed E-state index contributed by atoms with van der Waals surface area (Å²) >= 11 is 0.